The van der Waals surface area contributed by atoms with Gasteiger partial charge in [0.1, 0.15) is 0 Å². The summed E-state index contributed by atoms with van der Waals surface area (Å²) < 4.78 is 27.5. The van der Waals surface area contributed by atoms with E-state index >= 15 is 0 Å². The maximum Gasteiger partial charge on any atom is 0.488 e. The van der Waals surface area contributed by atoms with E-state index in [0.717, 1.165) is 0 Å². The average Bonchev–Trinajstić information content (AvgIpc) is 2.74. The molecule has 3 aromatic rings. The molecule has 0 radical (unpaired) electrons. The molecule has 31 heavy (non-hydrogen) atoms. The van der Waals surface area contributed by atoms with Crippen LogP contribution in [0.1, 0.15) is 20.7 Å². The molecule has 9 nitrogen and oxygen atoms in total. The van der Waals surface area contributed by atoms with E-state index in [1.54, 1.807) is 0 Å². The van der Waals surface area contributed by atoms with Crippen molar-refractivity contribution in [2.24, 2.45) is 0 Å². The van der Waals surface area contributed by atoms with Gasteiger partial charge >= 0.3 is 13.1 Å². The van der Waals surface area contributed by atoms with Gasteiger partial charge in [-0.2, -0.15) is 0 Å². The maximum absolute atomic E-state index is 12.6. The van der Waals surface area contributed by atoms with Gasteiger partial charge in [0.05, 0.1) is 10.5 Å². The molecule has 0 aliphatic rings. The van der Waals surface area contributed by atoms with Crippen molar-refractivity contribution >= 4 is 45.9 Å². The SMILES string of the molecule is O=C(O)c1ccc(C(=O)Nc2ccc(S(=O)(=O)Nc3cccc(B(O)O)c3)cc2)cc1. The normalized spacial score (nSPS) is 10.9. The zero-order valence-electron chi connectivity index (χ0n) is 15.9. The fourth-order valence-corrected chi connectivity index (χ4v) is 3.71. The van der Waals surface area contributed by atoms with Crippen LogP contribution in [0.4, 0.5) is 11.4 Å². The lowest BCUT2D eigenvalue weighted by Crippen LogP contribution is -2.30. The highest BCUT2D eigenvalue weighted by atomic mass is 32.2. The molecule has 3 aromatic carbocycles. The summed E-state index contributed by atoms with van der Waals surface area (Å²) in [5, 5.41) is 29.9. The number of aromatic carboxylic acids is 1. The van der Waals surface area contributed by atoms with Crippen LogP contribution in [-0.2, 0) is 10.0 Å². The molecule has 0 unspecified atom stereocenters. The van der Waals surface area contributed by atoms with Crippen molar-refractivity contribution in [1.29, 1.82) is 0 Å². The van der Waals surface area contributed by atoms with Crippen LogP contribution in [-0.4, -0.2) is 42.6 Å². The number of carbonyl (C=O) groups is 2. The molecule has 0 heterocycles. The molecular formula is C20H17BN2O7S. The minimum atomic E-state index is -3.95. The summed E-state index contributed by atoms with van der Waals surface area (Å²) in [4.78, 5) is 23.1. The molecule has 158 valence electrons. The molecular weight excluding hydrogens is 423 g/mol. The Morgan fingerprint density at radius 1 is 0.806 bits per heavy atom. The fourth-order valence-electron chi connectivity index (χ4n) is 2.66. The number of nitrogens with one attached hydrogen (secondary N) is 2. The molecule has 0 saturated heterocycles. The van der Waals surface area contributed by atoms with Gasteiger partial charge in [0.15, 0.2) is 0 Å². The third-order valence-corrected chi connectivity index (χ3v) is 5.65. The zero-order valence-corrected chi connectivity index (χ0v) is 16.7. The summed E-state index contributed by atoms with van der Waals surface area (Å²) in [6.45, 7) is 0. The summed E-state index contributed by atoms with van der Waals surface area (Å²) in [5.41, 5.74) is 0.936. The van der Waals surface area contributed by atoms with E-state index in [1.165, 1.54) is 72.8 Å². The first-order valence-corrected chi connectivity index (χ1v) is 10.4. The molecule has 0 bridgehead atoms. The lowest BCUT2D eigenvalue weighted by atomic mass is 9.80. The third kappa shape index (κ3) is 5.48. The average molecular weight is 440 g/mol. The number of anilines is 2. The molecule has 3 rings (SSSR count). The Morgan fingerprint density at radius 3 is 2.00 bits per heavy atom. The van der Waals surface area contributed by atoms with Crippen LogP contribution in [0.2, 0.25) is 0 Å². The van der Waals surface area contributed by atoms with Crippen molar-refractivity contribution in [3.05, 3.63) is 83.9 Å². The lowest BCUT2D eigenvalue weighted by Gasteiger charge is -2.11. The largest absolute Gasteiger partial charge is 0.488 e. The third-order valence-electron chi connectivity index (χ3n) is 4.25. The Bertz CT molecular complexity index is 1210. The summed E-state index contributed by atoms with van der Waals surface area (Å²) in [6, 6.07) is 16.5. The van der Waals surface area contributed by atoms with Gasteiger partial charge in [0.25, 0.3) is 15.9 Å². The summed E-state index contributed by atoms with van der Waals surface area (Å²) in [5.74, 6) is -1.58. The Labute approximate surface area is 178 Å². The van der Waals surface area contributed by atoms with Crippen LogP contribution < -0.4 is 15.5 Å². The van der Waals surface area contributed by atoms with E-state index in [2.05, 4.69) is 10.0 Å². The summed E-state index contributed by atoms with van der Waals surface area (Å²) in [7, 11) is -5.68. The van der Waals surface area contributed by atoms with Crippen LogP contribution in [0.3, 0.4) is 0 Å². The first kappa shape index (κ1) is 22.0. The van der Waals surface area contributed by atoms with Crippen molar-refractivity contribution in [1.82, 2.24) is 0 Å². The zero-order chi connectivity index (χ0) is 22.6. The smallest absolute Gasteiger partial charge is 0.478 e. The van der Waals surface area contributed by atoms with Gasteiger partial charge < -0.3 is 20.5 Å². The van der Waals surface area contributed by atoms with Gasteiger partial charge in [-0.05, 0) is 66.1 Å². The molecule has 0 aromatic heterocycles. The Morgan fingerprint density at radius 2 is 1.42 bits per heavy atom. The molecule has 0 fully saturated rings. The van der Waals surface area contributed by atoms with Crippen molar-refractivity contribution in [2.45, 2.75) is 4.90 Å². The Hall–Kier alpha value is -3.67. The van der Waals surface area contributed by atoms with Crippen LogP contribution >= 0.6 is 0 Å². The number of hydrogen-bond acceptors (Lipinski definition) is 6. The minimum Gasteiger partial charge on any atom is -0.478 e. The van der Waals surface area contributed by atoms with Crippen molar-refractivity contribution in [2.75, 3.05) is 10.0 Å². The first-order valence-electron chi connectivity index (χ1n) is 8.89. The van der Waals surface area contributed by atoms with Gasteiger partial charge in [0, 0.05) is 16.9 Å². The number of carboxylic acids is 1. The number of carboxylic acid groups (broad SMARTS) is 1. The van der Waals surface area contributed by atoms with Gasteiger partial charge in [-0.1, -0.05) is 12.1 Å². The molecule has 5 N–H and O–H groups in total. The molecule has 0 atom stereocenters. The lowest BCUT2D eigenvalue weighted by molar-refractivity contribution is 0.0696. The van der Waals surface area contributed by atoms with Crippen LogP contribution in [0.25, 0.3) is 0 Å². The highest BCUT2D eigenvalue weighted by molar-refractivity contribution is 7.92. The second-order valence-electron chi connectivity index (χ2n) is 6.47. The van der Waals surface area contributed by atoms with E-state index in [0.29, 0.717) is 5.69 Å². The first-order chi connectivity index (χ1) is 14.7. The number of sulfonamides is 1. The molecule has 1 amide bonds. The highest BCUT2D eigenvalue weighted by Crippen LogP contribution is 2.18. The molecule has 0 aliphatic heterocycles. The van der Waals surface area contributed by atoms with E-state index in [1.807, 2.05) is 0 Å². The predicted octanol–water partition coefficient (Wildman–Crippen LogP) is 1.12. The molecule has 0 aliphatic carbocycles. The van der Waals surface area contributed by atoms with Gasteiger partial charge in [0.2, 0.25) is 0 Å². The van der Waals surface area contributed by atoms with E-state index in [-0.39, 0.29) is 27.2 Å². The quantitative estimate of drug-likeness (QED) is 0.345. The second-order valence-corrected chi connectivity index (χ2v) is 8.15. The maximum atomic E-state index is 12.6. The number of carbonyl (C=O) groups excluding carboxylic acids is 1. The van der Waals surface area contributed by atoms with E-state index in [4.69, 9.17) is 5.11 Å². The Kier molecular flexibility index (Phi) is 6.40. The van der Waals surface area contributed by atoms with Gasteiger partial charge in [-0.3, -0.25) is 9.52 Å². The van der Waals surface area contributed by atoms with E-state index in [9.17, 15) is 28.1 Å². The van der Waals surface area contributed by atoms with Crippen LogP contribution in [0.15, 0.2) is 77.7 Å². The van der Waals surface area contributed by atoms with Crippen LogP contribution in [0, 0.1) is 0 Å². The van der Waals surface area contributed by atoms with Gasteiger partial charge in [-0.25, -0.2) is 13.2 Å². The van der Waals surface area contributed by atoms with E-state index < -0.39 is 29.0 Å². The molecule has 0 spiro atoms. The highest BCUT2D eigenvalue weighted by Gasteiger charge is 2.17. The molecule has 11 heteroatoms. The number of benzene rings is 3. The summed E-state index contributed by atoms with van der Waals surface area (Å²) >= 11 is 0. The van der Waals surface area contributed by atoms with Crippen molar-refractivity contribution in [3.8, 4) is 0 Å². The predicted molar refractivity (Wildman–Crippen MR) is 115 cm³/mol. The van der Waals surface area contributed by atoms with Crippen LogP contribution in [0.5, 0.6) is 0 Å². The minimum absolute atomic E-state index is 0.0534. The van der Waals surface area contributed by atoms with Gasteiger partial charge in [-0.15, -0.1) is 0 Å². The number of amides is 1. The monoisotopic (exact) mass is 440 g/mol. The molecule has 0 saturated carbocycles. The topological polar surface area (TPSA) is 153 Å². The standard InChI is InChI=1S/C20H17BN2O7S/c24-19(13-4-6-14(7-5-13)20(25)26)22-16-8-10-18(11-9-16)31(29,30)23-17-3-1-2-15(12-17)21(27)28/h1-12,23,27-28H,(H,22,24)(H,25,26). The Balaban J connectivity index is 1.70. The summed E-state index contributed by atoms with van der Waals surface area (Å²) in [6.07, 6.45) is 0. The van der Waals surface area contributed by atoms with Crippen molar-refractivity contribution < 1.29 is 33.2 Å². The fraction of sp³-hybridized carbons (Fsp3) is 0. The number of rotatable bonds is 7. The second kappa shape index (κ2) is 9.00. The number of hydrogen-bond donors (Lipinski definition) is 5. The van der Waals surface area contributed by atoms with Crippen molar-refractivity contribution in [3.63, 3.8) is 0 Å².